The van der Waals surface area contributed by atoms with Gasteiger partial charge < -0.3 is 19.9 Å². The Balaban J connectivity index is -0.000000750. The molecule has 0 saturated carbocycles. The van der Waals surface area contributed by atoms with Crippen molar-refractivity contribution in [1.82, 2.24) is 29.1 Å². The van der Waals surface area contributed by atoms with Gasteiger partial charge in [0.2, 0.25) is 0 Å². The number of anilines is 1. The molecule has 6 rings (SSSR count). The highest BCUT2D eigenvalue weighted by molar-refractivity contribution is 14.0. The number of nitrogens with zero attached hydrogens (tertiary/aromatic N) is 7. The lowest BCUT2D eigenvalue weighted by molar-refractivity contribution is -0.385. The van der Waals surface area contributed by atoms with Crippen LogP contribution in [0.1, 0.15) is 69.0 Å². The summed E-state index contributed by atoms with van der Waals surface area (Å²) in [4.78, 5) is 33.7. The molecule has 23 heteroatoms. The third kappa shape index (κ3) is 18.4. The Morgan fingerprint density at radius 3 is 1.33 bits per heavy atom. The molecule has 0 aliphatic carbocycles. The molecule has 0 bridgehead atoms. The van der Waals surface area contributed by atoms with Crippen LogP contribution in [0.25, 0.3) is 11.4 Å². The summed E-state index contributed by atoms with van der Waals surface area (Å²) < 4.78 is 115. The van der Waals surface area contributed by atoms with Crippen LogP contribution in [0.2, 0.25) is 0 Å². The molecule has 0 amide bonds. The van der Waals surface area contributed by atoms with Crippen molar-refractivity contribution in [2.75, 3.05) is 5.73 Å². The number of H-pyrrole nitrogens is 1. The normalized spacial score (nSPS) is 10.4. The Labute approximate surface area is 363 Å². The van der Waals surface area contributed by atoms with E-state index in [1.165, 1.54) is 41.0 Å². The number of hydrogen-bond donors (Lipinski definition) is 2. The summed E-state index contributed by atoms with van der Waals surface area (Å²) in [5.74, 6) is 0. The van der Waals surface area contributed by atoms with Gasteiger partial charge in [-0.3, -0.25) is 20.2 Å². The topological polar surface area (TPSA) is 177 Å². The number of benzene rings is 3. The molecule has 3 heterocycles. The second kappa shape index (κ2) is 24.3. The zero-order chi connectivity index (χ0) is 42.2. The molecule has 0 radical (unpaired) electrons. The number of non-ortho nitro benzene ring substituents is 2. The number of nitrogen functional groups attached to an aromatic ring is 1. The van der Waals surface area contributed by atoms with Crippen molar-refractivity contribution >= 4 is 41.0 Å². The van der Waals surface area contributed by atoms with Gasteiger partial charge in [0.1, 0.15) is 0 Å². The van der Waals surface area contributed by atoms with Gasteiger partial charge in [0.15, 0.2) is 0 Å². The molecule has 3 aromatic heterocycles. The lowest BCUT2D eigenvalue weighted by Crippen LogP contribution is -2.07. The molecule has 61 heavy (non-hydrogen) atoms. The van der Waals surface area contributed by atoms with Gasteiger partial charge in [-0.2, -0.15) is 39.5 Å². The zero-order valence-corrected chi connectivity index (χ0v) is 32.1. The molecule has 0 aliphatic heterocycles. The van der Waals surface area contributed by atoms with E-state index in [1.54, 1.807) is 32.6 Å². The number of hydrogen-bond acceptors (Lipinski definition) is 8. The number of nitro benzene ring substituents is 2. The Morgan fingerprint density at radius 2 is 1.00 bits per heavy atom. The average Bonchev–Trinajstić information content (AvgIpc) is 3.86. The Morgan fingerprint density at radius 1 is 0.607 bits per heavy atom. The minimum absolute atomic E-state index is 0. The quantitative estimate of drug-likeness (QED) is 0.0576. The SMILES string of the molecule is C.C.C.C.Cc1cc([N+](=O)[O-])cc(C(F)(F)F)c1.Cc1cn(-c2cc(N)cc(C(F)(F)F)c2)cn1.Cc1cn(-c2cc([N+](=O)[O-])cc(C(F)(F)F)c2)cn1.Cc1cnc[nH]1.I. The largest absolute Gasteiger partial charge is 0.416 e. The van der Waals surface area contributed by atoms with Gasteiger partial charge in [-0.25, -0.2) is 15.0 Å². The van der Waals surface area contributed by atoms with Gasteiger partial charge in [0.25, 0.3) is 11.4 Å². The maximum Gasteiger partial charge on any atom is 0.416 e. The number of halogens is 10. The lowest BCUT2D eigenvalue weighted by atomic mass is 10.1. The van der Waals surface area contributed by atoms with E-state index < -0.39 is 56.4 Å². The minimum atomic E-state index is -4.64. The summed E-state index contributed by atoms with van der Waals surface area (Å²) in [6.07, 6.45) is -4.28. The Hall–Kier alpha value is -6.01. The summed E-state index contributed by atoms with van der Waals surface area (Å²) in [5.41, 5.74) is 4.58. The number of aromatic nitrogens is 6. The number of alkyl halides is 9. The number of imidazole rings is 3. The van der Waals surface area contributed by atoms with Crippen molar-refractivity contribution in [2.24, 2.45) is 0 Å². The van der Waals surface area contributed by atoms with Crippen LogP contribution in [0.3, 0.4) is 0 Å². The van der Waals surface area contributed by atoms with Crippen molar-refractivity contribution in [3.63, 3.8) is 0 Å². The monoisotopic (exact) mass is 991 g/mol. The molecular formula is C38H47F9IN9O4. The van der Waals surface area contributed by atoms with Crippen LogP contribution < -0.4 is 5.73 Å². The van der Waals surface area contributed by atoms with Gasteiger partial charge >= 0.3 is 18.5 Å². The van der Waals surface area contributed by atoms with Crippen LogP contribution in [-0.2, 0) is 18.5 Å². The first kappa shape index (κ1) is 59.3. The molecule has 13 nitrogen and oxygen atoms in total. The number of aryl methyl sites for hydroxylation is 4. The fraction of sp³-hybridized carbons (Fsp3) is 0.289. The average molecular weight is 992 g/mol. The second-order valence-electron chi connectivity index (χ2n) is 11.7. The molecule has 0 aliphatic rings. The highest BCUT2D eigenvalue weighted by Crippen LogP contribution is 2.35. The van der Waals surface area contributed by atoms with Gasteiger partial charge in [-0.1, -0.05) is 29.7 Å². The predicted molar refractivity (Wildman–Crippen MR) is 226 cm³/mol. The van der Waals surface area contributed by atoms with Crippen molar-refractivity contribution in [3.05, 3.63) is 152 Å². The molecule has 3 N–H and O–H groups in total. The second-order valence-corrected chi connectivity index (χ2v) is 11.7. The summed E-state index contributed by atoms with van der Waals surface area (Å²) in [6, 6.07) is 8.31. The van der Waals surface area contributed by atoms with Crippen LogP contribution >= 0.6 is 24.0 Å². The minimum Gasteiger partial charge on any atom is -0.399 e. The molecular weight excluding hydrogens is 944 g/mol. The third-order valence-electron chi connectivity index (χ3n) is 6.96. The van der Waals surface area contributed by atoms with Crippen LogP contribution in [0, 0.1) is 47.9 Å². The number of nitrogens with two attached hydrogens (primary N) is 1. The molecule has 0 spiro atoms. The van der Waals surface area contributed by atoms with Gasteiger partial charge in [-0.05, 0) is 63.6 Å². The highest BCUT2D eigenvalue weighted by Gasteiger charge is 2.34. The maximum absolute atomic E-state index is 12.7. The first-order valence-corrected chi connectivity index (χ1v) is 15.5. The van der Waals surface area contributed by atoms with Crippen LogP contribution in [-0.4, -0.2) is 38.9 Å². The summed E-state index contributed by atoms with van der Waals surface area (Å²) in [5, 5.41) is 21.0. The molecule has 0 fully saturated rings. The van der Waals surface area contributed by atoms with E-state index in [0.29, 0.717) is 23.5 Å². The van der Waals surface area contributed by atoms with Gasteiger partial charge in [0.05, 0.1) is 62.6 Å². The summed E-state index contributed by atoms with van der Waals surface area (Å²) in [7, 11) is 0. The van der Waals surface area contributed by atoms with Crippen molar-refractivity contribution in [3.8, 4) is 11.4 Å². The molecule has 338 valence electrons. The molecule has 3 aromatic carbocycles. The van der Waals surface area contributed by atoms with E-state index >= 15 is 0 Å². The van der Waals surface area contributed by atoms with Crippen LogP contribution in [0.15, 0.2) is 92.2 Å². The summed E-state index contributed by atoms with van der Waals surface area (Å²) >= 11 is 0. The van der Waals surface area contributed by atoms with E-state index in [0.717, 1.165) is 47.8 Å². The number of rotatable bonds is 4. The standard InChI is InChI=1S/C11H8F3N3O2.C11H10F3N3.C8H6F3NO2.C4H6N2.4CH4.HI/c1-7-5-16(6-15-7)9-2-8(11(12,13)14)3-10(4-9)17(18)19;1-7-5-17(6-16-7)10-3-8(11(12,13)14)2-9(15)4-10;1-5-2-6(8(9,10)11)4-7(3-5)12(13)14;1-4-2-5-3-6-4;;;;;/h2-6H,1H3;2-6H,15H2,1H3;2-4H,1H3;2-3H,1H3,(H,5,6);4*1H4;1H. The predicted octanol–water partition coefficient (Wildman–Crippen LogP) is 12.7. The van der Waals surface area contributed by atoms with E-state index in [-0.39, 0.29) is 70.6 Å². The molecule has 0 unspecified atom stereocenters. The lowest BCUT2D eigenvalue weighted by Gasteiger charge is -2.10. The van der Waals surface area contributed by atoms with Gasteiger partial charge in [0, 0.05) is 59.9 Å². The van der Waals surface area contributed by atoms with Gasteiger partial charge in [-0.15, -0.1) is 24.0 Å². The molecule has 0 atom stereocenters. The van der Waals surface area contributed by atoms with E-state index in [4.69, 9.17) is 5.73 Å². The summed E-state index contributed by atoms with van der Waals surface area (Å²) in [6.45, 7) is 6.77. The number of nitro groups is 2. The molecule has 6 aromatic rings. The Kier molecular flexibility index (Phi) is 23.6. The van der Waals surface area contributed by atoms with E-state index in [1.807, 2.05) is 6.92 Å². The van der Waals surface area contributed by atoms with Crippen molar-refractivity contribution in [2.45, 2.75) is 75.9 Å². The first-order chi connectivity index (χ1) is 25.8. The fourth-order valence-electron chi connectivity index (χ4n) is 4.44. The zero-order valence-electron chi connectivity index (χ0n) is 29.8. The third-order valence-corrected chi connectivity index (χ3v) is 6.96. The van der Waals surface area contributed by atoms with E-state index in [9.17, 15) is 59.7 Å². The van der Waals surface area contributed by atoms with Crippen LogP contribution in [0.4, 0.5) is 56.6 Å². The van der Waals surface area contributed by atoms with Crippen molar-refractivity contribution in [1.29, 1.82) is 0 Å². The fourth-order valence-corrected chi connectivity index (χ4v) is 4.44. The molecule has 0 saturated heterocycles. The number of aromatic amines is 1. The van der Waals surface area contributed by atoms with Crippen molar-refractivity contribution < 1.29 is 49.4 Å². The van der Waals surface area contributed by atoms with E-state index in [2.05, 4.69) is 19.9 Å². The smallest absolute Gasteiger partial charge is 0.399 e. The Bertz CT molecular complexity index is 2270. The highest BCUT2D eigenvalue weighted by atomic mass is 127. The first-order valence-electron chi connectivity index (χ1n) is 15.5. The maximum atomic E-state index is 12.7. The van der Waals surface area contributed by atoms with Crippen LogP contribution in [0.5, 0.6) is 0 Å². The number of nitrogens with one attached hydrogen (secondary N) is 1.